The van der Waals surface area contributed by atoms with E-state index in [0.29, 0.717) is 5.69 Å². The number of nitrogens with zero attached hydrogens (tertiary/aromatic N) is 2. The van der Waals surface area contributed by atoms with E-state index in [1.54, 1.807) is 44.8 Å². The fraction of sp³-hybridized carbons (Fsp3) is 0.500. The molecule has 0 amide bonds. The van der Waals surface area contributed by atoms with Gasteiger partial charge in [0.2, 0.25) is 0 Å². The van der Waals surface area contributed by atoms with Crippen molar-refractivity contribution in [2.24, 2.45) is 0 Å². The third-order valence-corrected chi connectivity index (χ3v) is 3.00. The first-order valence-corrected chi connectivity index (χ1v) is 7.07. The van der Waals surface area contributed by atoms with Gasteiger partial charge in [-0.25, -0.2) is 0 Å². The molecule has 1 heterocycles. The van der Waals surface area contributed by atoms with Gasteiger partial charge in [0.15, 0.2) is 5.92 Å². The maximum atomic E-state index is 11.9. The Morgan fingerprint density at radius 3 is 2.63 bits per heavy atom. The number of hydrogen-bond donors (Lipinski definition) is 0. The van der Waals surface area contributed by atoms with E-state index in [4.69, 9.17) is 10.00 Å². The third kappa shape index (κ3) is 4.92. The van der Waals surface area contributed by atoms with Crippen molar-refractivity contribution in [1.82, 2.24) is 4.98 Å². The Labute approximate surface area is 118 Å². The third-order valence-electron chi connectivity index (χ3n) is 2.14. The average Bonchev–Trinajstić information content (AvgIpc) is 2.30. The number of ether oxygens (including phenoxy) is 1. The molecule has 0 fully saturated rings. The van der Waals surface area contributed by atoms with E-state index < -0.39 is 17.5 Å². The van der Waals surface area contributed by atoms with Crippen LogP contribution in [-0.4, -0.2) is 22.3 Å². The molecule has 1 rings (SSSR count). The minimum atomic E-state index is -0.972. The molecule has 0 N–H and O–H groups in total. The van der Waals surface area contributed by atoms with Crippen LogP contribution in [0.1, 0.15) is 39.3 Å². The van der Waals surface area contributed by atoms with Crippen LogP contribution in [0.25, 0.3) is 0 Å². The van der Waals surface area contributed by atoms with Gasteiger partial charge in [-0.1, -0.05) is 6.92 Å². The molecule has 1 aromatic heterocycles. The van der Waals surface area contributed by atoms with Crippen LogP contribution in [0.15, 0.2) is 23.2 Å². The van der Waals surface area contributed by atoms with Gasteiger partial charge in [0, 0.05) is 11.1 Å². The van der Waals surface area contributed by atoms with Gasteiger partial charge in [0.1, 0.15) is 5.60 Å². The molecular formula is C14H18N2O2S. The predicted octanol–water partition coefficient (Wildman–Crippen LogP) is 3.14. The number of aromatic nitrogens is 1. The Morgan fingerprint density at radius 2 is 2.21 bits per heavy atom. The lowest BCUT2D eigenvalue weighted by Crippen LogP contribution is -2.27. The minimum absolute atomic E-state index is 0.428. The van der Waals surface area contributed by atoms with Gasteiger partial charge < -0.3 is 4.74 Å². The van der Waals surface area contributed by atoms with Crippen LogP contribution in [-0.2, 0) is 9.53 Å². The fourth-order valence-electron chi connectivity index (χ4n) is 1.41. The zero-order valence-electron chi connectivity index (χ0n) is 11.6. The summed E-state index contributed by atoms with van der Waals surface area (Å²) in [5, 5.41) is 9.12. The van der Waals surface area contributed by atoms with Crippen molar-refractivity contribution in [2.45, 2.75) is 44.1 Å². The smallest absolute Gasteiger partial charge is 0.330 e. The van der Waals surface area contributed by atoms with Crippen molar-refractivity contribution < 1.29 is 9.53 Å². The molecule has 0 aliphatic heterocycles. The SMILES string of the molecule is CCSc1ccc(C(C#N)C(=O)OC(C)(C)C)nc1. The predicted molar refractivity (Wildman–Crippen MR) is 74.8 cm³/mol. The summed E-state index contributed by atoms with van der Waals surface area (Å²) < 4.78 is 5.22. The van der Waals surface area contributed by atoms with Gasteiger partial charge in [-0.15, -0.1) is 11.8 Å². The van der Waals surface area contributed by atoms with E-state index >= 15 is 0 Å². The van der Waals surface area contributed by atoms with E-state index in [9.17, 15) is 4.79 Å². The summed E-state index contributed by atoms with van der Waals surface area (Å²) in [5.41, 5.74) is -0.179. The van der Waals surface area contributed by atoms with Crippen LogP contribution < -0.4 is 0 Å². The molecule has 0 aliphatic carbocycles. The Hall–Kier alpha value is -1.54. The number of nitriles is 1. The van der Waals surface area contributed by atoms with Gasteiger partial charge in [0.05, 0.1) is 11.8 Å². The number of thioether (sulfide) groups is 1. The number of esters is 1. The Bertz CT molecular complexity index is 472. The molecular weight excluding hydrogens is 260 g/mol. The fourth-order valence-corrected chi connectivity index (χ4v) is 2.04. The summed E-state index contributed by atoms with van der Waals surface area (Å²) in [6.07, 6.45) is 1.68. The highest BCUT2D eigenvalue weighted by Gasteiger charge is 2.27. The van der Waals surface area contributed by atoms with E-state index in [2.05, 4.69) is 11.9 Å². The molecule has 0 aromatic carbocycles. The van der Waals surface area contributed by atoms with Crippen molar-refractivity contribution in [2.75, 3.05) is 5.75 Å². The number of hydrogen-bond acceptors (Lipinski definition) is 5. The summed E-state index contributed by atoms with van der Waals surface area (Å²) in [7, 11) is 0. The summed E-state index contributed by atoms with van der Waals surface area (Å²) in [5.74, 6) is -0.576. The highest BCUT2D eigenvalue weighted by Crippen LogP contribution is 2.21. The number of pyridine rings is 1. The first kappa shape index (κ1) is 15.5. The zero-order chi connectivity index (χ0) is 14.5. The number of carbonyl (C=O) groups is 1. The van der Waals surface area contributed by atoms with Crippen LogP contribution in [0.5, 0.6) is 0 Å². The number of rotatable bonds is 4. The molecule has 1 aromatic rings. The molecule has 0 saturated carbocycles. The van der Waals surface area contributed by atoms with Crippen LogP contribution in [0.2, 0.25) is 0 Å². The Kier molecular flexibility index (Phi) is 5.37. The molecule has 0 bridgehead atoms. The first-order valence-electron chi connectivity index (χ1n) is 6.08. The standard InChI is InChI=1S/C14H18N2O2S/c1-5-19-10-6-7-12(16-9-10)11(8-15)13(17)18-14(2,3)4/h6-7,9,11H,5H2,1-4H3. The molecule has 19 heavy (non-hydrogen) atoms. The van der Waals surface area contributed by atoms with Crippen molar-refractivity contribution in [3.63, 3.8) is 0 Å². The molecule has 0 spiro atoms. The van der Waals surface area contributed by atoms with Gasteiger partial charge in [-0.3, -0.25) is 9.78 Å². The lowest BCUT2D eigenvalue weighted by molar-refractivity contribution is -0.155. The molecule has 0 saturated heterocycles. The van der Waals surface area contributed by atoms with Crippen LogP contribution >= 0.6 is 11.8 Å². The maximum Gasteiger partial charge on any atom is 0.330 e. The van der Waals surface area contributed by atoms with E-state index in [1.165, 1.54) is 0 Å². The summed E-state index contributed by atoms with van der Waals surface area (Å²) in [6, 6.07) is 5.52. The van der Waals surface area contributed by atoms with Crippen molar-refractivity contribution in [3.8, 4) is 6.07 Å². The summed E-state index contributed by atoms with van der Waals surface area (Å²) >= 11 is 1.66. The molecule has 102 valence electrons. The molecule has 0 aliphatic rings. The monoisotopic (exact) mass is 278 g/mol. The van der Waals surface area contributed by atoms with Crippen molar-refractivity contribution in [3.05, 3.63) is 24.0 Å². The first-order chi connectivity index (χ1) is 8.87. The molecule has 0 radical (unpaired) electrons. The van der Waals surface area contributed by atoms with Crippen molar-refractivity contribution in [1.29, 1.82) is 5.26 Å². The van der Waals surface area contributed by atoms with Crippen LogP contribution in [0.3, 0.4) is 0 Å². The largest absolute Gasteiger partial charge is 0.459 e. The van der Waals surface area contributed by atoms with Gasteiger partial charge in [-0.05, 0) is 38.7 Å². The second kappa shape index (κ2) is 6.58. The highest BCUT2D eigenvalue weighted by molar-refractivity contribution is 7.99. The second-order valence-corrected chi connectivity index (χ2v) is 6.28. The number of carbonyl (C=O) groups excluding carboxylic acids is 1. The lowest BCUT2D eigenvalue weighted by atomic mass is 10.1. The highest BCUT2D eigenvalue weighted by atomic mass is 32.2. The van der Waals surface area contributed by atoms with Gasteiger partial charge >= 0.3 is 5.97 Å². The maximum absolute atomic E-state index is 11.9. The molecule has 5 heteroatoms. The van der Waals surface area contributed by atoms with Crippen molar-refractivity contribution >= 4 is 17.7 Å². The average molecular weight is 278 g/mol. The van der Waals surface area contributed by atoms with E-state index in [0.717, 1.165) is 10.6 Å². The topological polar surface area (TPSA) is 63.0 Å². The van der Waals surface area contributed by atoms with E-state index in [-0.39, 0.29) is 0 Å². The zero-order valence-corrected chi connectivity index (χ0v) is 12.5. The molecule has 4 nitrogen and oxygen atoms in total. The summed E-state index contributed by atoms with van der Waals surface area (Å²) in [4.78, 5) is 17.1. The molecule has 1 unspecified atom stereocenters. The van der Waals surface area contributed by atoms with Crippen LogP contribution in [0, 0.1) is 11.3 Å². The molecule has 1 atom stereocenters. The van der Waals surface area contributed by atoms with Gasteiger partial charge in [0.25, 0.3) is 0 Å². The summed E-state index contributed by atoms with van der Waals surface area (Å²) in [6.45, 7) is 7.37. The minimum Gasteiger partial charge on any atom is -0.459 e. The normalized spacial score (nSPS) is 12.6. The Balaban J connectivity index is 2.86. The Morgan fingerprint density at radius 1 is 1.53 bits per heavy atom. The quantitative estimate of drug-likeness (QED) is 0.625. The van der Waals surface area contributed by atoms with Crippen LogP contribution in [0.4, 0.5) is 0 Å². The van der Waals surface area contributed by atoms with Gasteiger partial charge in [-0.2, -0.15) is 5.26 Å². The second-order valence-electron chi connectivity index (χ2n) is 4.95. The lowest BCUT2D eigenvalue weighted by Gasteiger charge is -2.21. The van der Waals surface area contributed by atoms with E-state index in [1.807, 2.05) is 12.1 Å².